The number of aliphatic hydroxyl groups excluding tert-OH is 1. The molecule has 5 nitrogen and oxygen atoms in total. The van der Waals surface area contributed by atoms with Crippen molar-refractivity contribution in [3.63, 3.8) is 0 Å². The molecular formula is C25H22ClNO4S. The first-order valence-corrected chi connectivity index (χ1v) is 11.4. The molecule has 7 heteroatoms. The molecule has 1 aliphatic rings. The number of Topliss-reactive ketones (excluding diaryl/α,β-unsaturated/α-hetero) is 1. The second kappa shape index (κ2) is 8.81. The van der Waals surface area contributed by atoms with Gasteiger partial charge in [0.25, 0.3) is 11.7 Å². The highest BCUT2D eigenvalue weighted by Gasteiger charge is 2.47. The number of halogens is 1. The molecule has 1 aliphatic heterocycles. The first-order valence-electron chi connectivity index (χ1n) is 10.2. The molecule has 0 radical (unpaired) electrons. The van der Waals surface area contributed by atoms with Crippen LogP contribution in [0.4, 0.5) is 5.69 Å². The smallest absolute Gasteiger partial charge is 0.300 e. The Morgan fingerprint density at radius 1 is 1.16 bits per heavy atom. The molecule has 1 N–H and O–H groups in total. The van der Waals surface area contributed by atoms with Crippen molar-refractivity contribution < 1.29 is 19.4 Å². The minimum atomic E-state index is -0.735. The summed E-state index contributed by atoms with van der Waals surface area (Å²) in [6.45, 7) is 6.10. The highest BCUT2D eigenvalue weighted by atomic mass is 35.5. The average Bonchev–Trinajstić information content (AvgIpc) is 3.39. The number of hydrogen-bond acceptors (Lipinski definition) is 5. The van der Waals surface area contributed by atoms with E-state index in [1.165, 1.54) is 16.2 Å². The van der Waals surface area contributed by atoms with E-state index in [4.69, 9.17) is 16.3 Å². The Balaban J connectivity index is 1.93. The summed E-state index contributed by atoms with van der Waals surface area (Å²) in [5, 5.41) is 13.5. The lowest BCUT2D eigenvalue weighted by Crippen LogP contribution is -2.29. The van der Waals surface area contributed by atoms with E-state index < -0.39 is 17.7 Å². The zero-order chi connectivity index (χ0) is 23.0. The largest absolute Gasteiger partial charge is 0.507 e. The van der Waals surface area contributed by atoms with Crippen LogP contribution in [0, 0.1) is 13.8 Å². The van der Waals surface area contributed by atoms with Gasteiger partial charge in [-0.05, 0) is 67.6 Å². The number of carbonyl (C=O) groups excluding carboxylic acids is 2. The predicted molar refractivity (Wildman–Crippen MR) is 128 cm³/mol. The SMILES string of the molecule is CCOc1cc(/C(O)=C2/C(=O)C(=O)N(c3cccc(C)c3C)C2c2cccs2)ccc1Cl. The van der Waals surface area contributed by atoms with Gasteiger partial charge in [0, 0.05) is 16.1 Å². The van der Waals surface area contributed by atoms with Gasteiger partial charge in [-0.15, -0.1) is 11.3 Å². The second-order valence-corrected chi connectivity index (χ2v) is 8.87. The van der Waals surface area contributed by atoms with E-state index in [1.54, 1.807) is 18.2 Å². The minimum Gasteiger partial charge on any atom is -0.507 e. The molecule has 1 saturated heterocycles. The number of nitrogens with zero attached hydrogens (tertiary/aromatic N) is 1. The molecular weight excluding hydrogens is 446 g/mol. The van der Waals surface area contributed by atoms with E-state index in [0.717, 1.165) is 16.0 Å². The number of hydrogen-bond donors (Lipinski definition) is 1. The molecule has 0 bridgehead atoms. The van der Waals surface area contributed by atoms with Crippen LogP contribution in [0.5, 0.6) is 5.75 Å². The Kier molecular flexibility index (Phi) is 6.09. The maximum atomic E-state index is 13.2. The van der Waals surface area contributed by atoms with Gasteiger partial charge in [0.05, 0.1) is 17.2 Å². The van der Waals surface area contributed by atoms with E-state index in [2.05, 4.69) is 0 Å². The maximum absolute atomic E-state index is 13.2. The summed E-state index contributed by atoms with van der Waals surface area (Å²) >= 11 is 7.61. The van der Waals surface area contributed by atoms with Crippen LogP contribution in [-0.4, -0.2) is 23.4 Å². The van der Waals surface area contributed by atoms with Crippen LogP contribution in [0.1, 0.15) is 34.5 Å². The summed E-state index contributed by atoms with van der Waals surface area (Å²) in [6, 6.07) is 13.4. The van der Waals surface area contributed by atoms with Crippen molar-refractivity contribution in [3.05, 3.63) is 86.1 Å². The number of benzene rings is 2. The van der Waals surface area contributed by atoms with E-state index in [0.29, 0.717) is 28.6 Å². The molecule has 1 aromatic heterocycles. The minimum absolute atomic E-state index is 0.0446. The third-order valence-electron chi connectivity index (χ3n) is 5.60. The summed E-state index contributed by atoms with van der Waals surface area (Å²) in [5.74, 6) is -1.26. The Bertz CT molecular complexity index is 1230. The van der Waals surface area contributed by atoms with Crippen LogP contribution in [0.25, 0.3) is 5.76 Å². The van der Waals surface area contributed by atoms with Crippen LogP contribution < -0.4 is 9.64 Å². The Morgan fingerprint density at radius 2 is 1.94 bits per heavy atom. The van der Waals surface area contributed by atoms with Crippen molar-refractivity contribution >= 4 is 46.1 Å². The van der Waals surface area contributed by atoms with Gasteiger partial charge < -0.3 is 9.84 Å². The third-order valence-corrected chi connectivity index (χ3v) is 6.83. The Morgan fingerprint density at radius 3 is 2.62 bits per heavy atom. The van der Waals surface area contributed by atoms with Gasteiger partial charge in [0.1, 0.15) is 17.6 Å². The molecule has 0 saturated carbocycles. The standard InChI is InChI=1S/C25H22ClNO4S/c1-4-31-19-13-16(10-11-17(19)26)23(28)21-22(20-9-6-12-32-20)27(25(30)24(21)29)18-8-5-7-14(2)15(18)3/h5-13,22,28H,4H2,1-3H3/b23-21-. The number of aryl methyl sites for hydroxylation is 1. The van der Waals surface area contributed by atoms with Gasteiger partial charge in [0.2, 0.25) is 0 Å². The fourth-order valence-electron chi connectivity index (χ4n) is 3.87. The summed E-state index contributed by atoms with van der Waals surface area (Å²) < 4.78 is 5.53. The van der Waals surface area contributed by atoms with Gasteiger partial charge >= 0.3 is 0 Å². The molecule has 164 valence electrons. The van der Waals surface area contributed by atoms with E-state index in [9.17, 15) is 14.7 Å². The van der Waals surface area contributed by atoms with Crippen LogP contribution in [0.2, 0.25) is 5.02 Å². The number of ketones is 1. The number of anilines is 1. The average molecular weight is 468 g/mol. The maximum Gasteiger partial charge on any atom is 0.300 e. The lowest BCUT2D eigenvalue weighted by molar-refractivity contribution is -0.132. The molecule has 2 aromatic carbocycles. The summed E-state index contributed by atoms with van der Waals surface area (Å²) in [7, 11) is 0. The zero-order valence-corrected chi connectivity index (χ0v) is 19.5. The number of carbonyl (C=O) groups is 2. The first kappa shape index (κ1) is 22.1. The monoisotopic (exact) mass is 467 g/mol. The van der Waals surface area contributed by atoms with Crippen molar-refractivity contribution in [1.82, 2.24) is 0 Å². The fraction of sp³-hybridized carbons (Fsp3) is 0.200. The van der Waals surface area contributed by atoms with Crippen LogP contribution in [0.15, 0.2) is 59.5 Å². The molecule has 0 spiro atoms. The Hall–Kier alpha value is -3.09. The molecule has 32 heavy (non-hydrogen) atoms. The summed E-state index contributed by atoms with van der Waals surface area (Å²) in [6.07, 6.45) is 0. The molecule has 4 rings (SSSR count). The number of amides is 1. The molecule has 2 heterocycles. The Labute approximate surface area is 195 Å². The van der Waals surface area contributed by atoms with Crippen molar-refractivity contribution in [2.45, 2.75) is 26.8 Å². The van der Waals surface area contributed by atoms with Crippen LogP contribution in [0.3, 0.4) is 0 Å². The van der Waals surface area contributed by atoms with Crippen molar-refractivity contribution in [1.29, 1.82) is 0 Å². The molecule has 3 aromatic rings. The van der Waals surface area contributed by atoms with Gasteiger partial charge in [-0.25, -0.2) is 0 Å². The van der Waals surface area contributed by atoms with Crippen LogP contribution >= 0.6 is 22.9 Å². The number of aliphatic hydroxyl groups is 1. The summed E-state index contributed by atoms with van der Waals surface area (Å²) in [5.41, 5.74) is 2.96. The molecule has 1 fully saturated rings. The highest BCUT2D eigenvalue weighted by molar-refractivity contribution is 7.10. The van der Waals surface area contributed by atoms with E-state index >= 15 is 0 Å². The zero-order valence-electron chi connectivity index (χ0n) is 17.9. The first-order chi connectivity index (χ1) is 15.3. The topological polar surface area (TPSA) is 66.8 Å². The predicted octanol–water partition coefficient (Wildman–Crippen LogP) is 6.04. The molecule has 1 amide bonds. The van der Waals surface area contributed by atoms with Crippen LogP contribution in [-0.2, 0) is 9.59 Å². The molecule has 0 aliphatic carbocycles. The van der Waals surface area contributed by atoms with Crippen molar-refractivity contribution in [2.75, 3.05) is 11.5 Å². The van der Waals surface area contributed by atoms with Gasteiger partial charge in [-0.1, -0.05) is 29.8 Å². The second-order valence-electron chi connectivity index (χ2n) is 7.48. The molecule has 1 atom stereocenters. The van der Waals surface area contributed by atoms with E-state index in [1.807, 2.05) is 56.5 Å². The fourth-order valence-corrected chi connectivity index (χ4v) is 4.86. The summed E-state index contributed by atoms with van der Waals surface area (Å²) in [4.78, 5) is 28.7. The van der Waals surface area contributed by atoms with Gasteiger partial charge in [0.15, 0.2) is 0 Å². The van der Waals surface area contributed by atoms with Crippen molar-refractivity contribution in [3.8, 4) is 5.75 Å². The van der Waals surface area contributed by atoms with E-state index in [-0.39, 0.29) is 11.3 Å². The number of ether oxygens (including phenoxy) is 1. The highest BCUT2D eigenvalue weighted by Crippen LogP contribution is 2.45. The van der Waals surface area contributed by atoms with Gasteiger partial charge in [-0.2, -0.15) is 0 Å². The van der Waals surface area contributed by atoms with Gasteiger partial charge in [-0.3, -0.25) is 14.5 Å². The number of rotatable bonds is 5. The third kappa shape index (κ3) is 3.70. The van der Waals surface area contributed by atoms with Crippen molar-refractivity contribution in [2.24, 2.45) is 0 Å². The lowest BCUT2D eigenvalue weighted by Gasteiger charge is -2.26. The quantitative estimate of drug-likeness (QED) is 0.282. The molecule has 1 unspecified atom stereocenters. The number of thiophene rings is 1. The normalized spacial score (nSPS) is 17.8. The lowest BCUT2D eigenvalue weighted by atomic mass is 9.99.